The molecule has 16 heavy (non-hydrogen) atoms. The van der Waals surface area contributed by atoms with E-state index in [0.717, 1.165) is 12.2 Å². The van der Waals surface area contributed by atoms with Crippen molar-refractivity contribution in [3.63, 3.8) is 0 Å². The first kappa shape index (κ1) is 12.5. The van der Waals surface area contributed by atoms with Crippen LogP contribution in [-0.4, -0.2) is 32.2 Å². The van der Waals surface area contributed by atoms with Crippen molar-refractivity contribution in [3.8, 4) is 0 Å². The van der Waals surface area contributed by atoms with Crippen LogP contribution in [0.1, 0.15) is 6.92 Å². The van der Waals surface area contributed by atoms with Crippen LogP contribution in [0.2, 0.25) is 0 Å². The summed E-state index contributed by atoms with van der Waals surface area (Å²) in [4.78, 5) is 12.8. The number of nitrogens with zero attached hydrogens (tertiary/aromatic N) is 1. The van der Waals surface area contributed by atoms with E-state index in [1.54, 1.807) is 0 Å². The molecule has 1 aromatic carbocycles. The number of hydrogen-bond donors (Lipinski definition) is 1. The first-order valence-electron chi connectivity index (χ1n) is 5.40. The van der Waals surface area contributed by atoms with Gasteiger partial charge in [0.15, 0.2) is 6.67 Å². The molecule has 0 aliphatic heterocycles. The molecule has 1 amide bonds. The fourth-order valence-electron chi connectivity index (χ4n) is 1.49. The van der Waals surface area contributed by atoms with E-state index < -0.39 is 12.6 Å². The summed E-state index contributed by atoms with van der Waals surface area (Å²) in [5.74, 6) is -0.552. The number of anilines is 1. The summed E-state index contributed by atoms with van der Waals surface area (Å²) in [6.07, 6.45) is 0. The van der Waals surface area contributed by atoms with Crippen LogP contribution in [0.3, 0.4) is 0 Å². The Hall–Kier alpha value is -1.58. The lowest BCUT2D eigenvalue weighted by molar-refractivity contribution is -0.121. The third-order valence-electron chi connectivity index (χ3n) is 2.33. The lowest BCUT2D eigenvalue weighted by Gasteiger charge is -2.23. The van der Waals surface area contributed by atoms with Crippen molar-refractivity contribution in [2.75, 3.05) is 31.2 Å². The molecule has 0 bridgehead atoms. The Labute approximate surface area is 95.3 Å². The first-order chi connectivity index (χ1) is 7.77. The monoisotopic (exact) mass is 224 g/mol. The maximum atomic E-state index is 11.9. The van der Waals surface area contributed by atoms with E-state index in [9.17, 15) is 9.18 Å². The summed E-state index contributed by atoms with van der Waals surface area (Å²) in [5, 5.41) is 2.51. The van der Waals surface area contributed by atoms with Gasteiger partial charge in [0.1, 0.15) is 0 Å². The normalized spacial score (nSPS) is 9.88. The van der Waals surface area contributed by atoms with E-state index in [2.05, 4.69) is 10.2 Å². The molecule has 0 spiro atoms. The fraction of sp³-hybridized carbons (Fsp3) is 0.417. The number of halogens is 1. The van der Waals surface area contributed by atoms with Crippen molar-refractivity contribution in [3.05, 3.63) is 30.3 Å². The Bertz CT molecular complexity index is 316. The van der Waals surface area contributed by atoms with Gasteiger partial charge < -0.3 is 10.2 Å². The zero-order valence-electron chi connectivity index (χ0n) is 9.45. The minimum Gasteiger partial charge on any atom is -0.370 e. The number of amides is 1. The highest BCUT2D eigenvalue weighted by molar-refractivity contribution is 5.76. The summed E-state index contributed by atoms with van der Waals surface area (Å²) >= 11 is 0. The lowest BCUT2D eigenvalue weighted by Crippen LogP contribution is -2.35. The maximum absolute atomic E-state index is 11.9. The van der Waals surface area contributed by atoms with Crippen LogP contribution in [0.25, 0.3) is 0 Å². The van der Waals surface area contributed by atoms with E-state index >= 15 is 0 Å². The Morgan fingerprint density at radius 2 is 2.06 bits per heavy atom. The minimum atomic E-state index is -0.947. The van der Waals surface area contributed by atoms with Gasteiger partial charge in [-0.1, -0.05) is 18.2 Å². The molecule has 0 aromatic heterocycles. The Morgan fingerprint density at radius 3 is 2.62 bits per heavy atom. The van der Waals surface area contributed by atoms with Crippen LogP contribution in [0.4, 0.5) is 10.1 Å². The Kier molecular flexibility index (Phi) is 5.32. The van der Waals surface area contributed by atoms with Gasteiger partial charge in [-0.05, 0) is 19.1 Å². The summed E-state index contributed by atoms with van der Waals surface area (Å²) in [7, 11) is 0. The van der Waals surface area contributed by atoms with Gasteiger partial charge in [0, 0.05) is 25.3 Å². The van der Waals surface area contributed by atoms with Gasteiger partial charge in [-0.25, -0.2) is 4.39 Å². The standard InChI is InChI=1S/C12H17FN2O/c1-2-15(9-8-14-12(16)10-13)11-6-4-3-5-7-11/h3-7H,2,8-10H2,1H3,(H,14,16). The second-order valence-corrected chi connectivity index (χ2v) is 3.40. The van der Waals surface area contributed by atoms with Crippen molar-refractivity contribution in [1.29, 1.82) is 0 Å². The first-order valence-corrected chi connectivity index (χ1v) is 5.40. The number of hydrogen-bond acceptors (Lipinski definition) is 2. The van der Waals surface area contributed by atoms with Crippen molar-refractivity contribution in [2.24, 2.45) is 0 Å². The number of para-hydroxylation sites is 1. The SMILES string of the molecule is CCN(CCNC(=O)CF)c1ccccc1. The molecule has 0 saturated heterocycles. The molecule has 88 valence electrons. The second-order valence-electron chi connectivity index (χ2n) is 3.40. The zero-order valence-corrected chi connectivity index (χ0v) is 9.45. The molecular formula is C12H17FN2O. The molecule has 0 unspecified atom stereocenters. The molecule has 0 atom stereocenters. The van der Waals surface area contributed by atoms with Gasteiger partial charge in [0.25, 0.3) is 5.91 Å². The molecular weight excluding hydrogens is 207 g/mol. The van der Waals surface area contributed by atoms with Crippen LogP contribution in [0.5, 0.6) is 0 Å². The molecule has 0 aliphatic rings. The summed E-state index contributed by atoms with van der Waals surface area (Å²) in [5.41, 5.74) is 1.11. The average Bonchev–Trinajstić information content (AvgIpc) is 2.35. The largest absolute Gasteiger partial charge is 0.370 e. The molecule has 0 radical (unpaired) electrons. The highest BCUT2D eigenvalue weighted by atomic mass is 19.1. The Balaban J connectivity index is 2.41. The number of benzene rings is 1. The lowest BCUT2D eigenvalue weighted by atomic mass is 10.3. The highest BCUT2D eigenvalue weighted by Gasteiger charge is 2.04. The van der Waals surface area contributed by atoms with Crippen LogP contribution in [-0.2, 0) is 4.79 Å². The Morgan fingerprint density at radius 1 is 1.38 bits per heavy atom. The quantitative estimate of drug-likeness (QED) is 0.796. The van der Waals surface area contributed by atoms with E-state index in [4.69, 9.17) is 0 Å². The smallest absolute Gasteiger partial charge is 0.251 e. The molecule has 0 aliphatic carbocycles. The minimum absolute atomic E-state index is 0.464. The third kappa shape index (κ3) is 3.88. The van der Waals surface area contributed by atoms with Crippen molar-refractivity contribution in [2.45, 2.75) is 6.92 Å². The van der Waals surface area contributed by atoms with Crippen molar-refractivity contribution < 1.29 is 9.18 Å². The van der Waals surface area contributed by atoms with Gasteiger partial charge in [-0.15, -0.1) is 0 Å². The van der Waals surface area contributed by atoms with Gasteiger partial charge in [0.2, 0.25) is 0 Å². The van der Waals surface area contributed by atoms with Crippen LogP contribution < -0.4 is 10.2 Å². The number of alkyl halides is 1. The molecule has 0 saturated carbocycles. The van der Waals surface area contributed by atoms with Gasteiger partial charge in [-0.3, -0.25) is 4.79 Å². The van der Waals surface area contributed by atoms with E-state index in [1.807, 2.05) is 37.3 Å². The number of carbonyl (C=O) groups excluding carboxylic acids is 1. The molecule has 1 N–H and O–H groups in total. The summed E-state index contributed by atoms with van der Waals surface area (Å²) in [6.45, 7) is 3.11. The summed E-state index contributed by atoms with van der Waals surface area (Å²) in [6, 6.07) is 9.93. The number of nitrogens with one attached hydrogen (secondary N) is 1. The van der Waals surface area contributed by atoms with Crippen LogP contribution in [0, 0.1) is 0 Å². The van der Waals surface area contributed by atoms with Gasteiger partial charge >= 0.3 is 0 Å². The topological polar surface area (TPSA) is 32.3 Å². The zero-order chi connectivity index (χ0) is 11.8. The highest BCUT2D eigenvalue weighted by Crippen LogP contribution is 2.11. The van der Waals surface area contributed by atoms with E-state index in [-0.39, 0.29) is 0 Å². The fourth-order valence-corrected chi connectivity index (χ4v) is 1.49. The van der Waals surface area contributed by atoms with Crippen molar-refractivity contribution in [1.82, 2.24) is 5.32 Å². The predicted molar refractivity (Wildman–Crippen MR) is 63.3 cm³/mol. The third-order valence-corrected chi connectivity index (χ3v) is 2.33. The molecule has 1 rings (SSSR count). The molecule has 3 nitrogen and oxygen atoms in total. The number of rotatable bonds is 6. The average molecular weight is 224 g/mol. The predicted octanol–water partition coefficient (Wildman–Crippen LogP) is 1.60. The second kappa shape index (κ2) is 6.82. The maximum Gasteiger partial charge on any atom is 0.251 e. The number of carbonyl (C=O) groups is 1. The van der Waals surface area contributed by atoms with Crippen molar-refractivity contribution >= 4 is 11.6 Å². The van der Waals surface area contributed by atoms with Crippen LogP contribution in [0.15, 0.2) is 30.3 Å². The van der Waals surface area contributed by atoms with Gasteiger partial charge in [0.05, 0.1) is 0 Å². The molecule has 0 fully saturated rings. The number of likely N-dealkylation sites (N-methyl/N-ethyl adjacent to an activating group) is 1. The van der Waals surface area contributed by atoms with E-state index in [0.29, 0.717) is 13.1 Å². The molecule has 0 heterocycles. The molecule has 4 heteroatoms. The van der Waals surface area contributed by atoms with E-state index in [1.165, 1.54) is 0 Å². The van der Waals surface area contributed by atoms with Crippen LogP contribution >= 0.6 is 0 Å². The summed E-state index contributed by atoms with van der Waals surface area (Å²) < 4.78 is 11.9. The van der Waals surface area contributed by atoms with Gasteiger partial charge in [-0.2, -0.15) is 0 Å². The molecule has 1 aromatic rings.